The van der Waals surface area contributed by atoms with Crippen LogP contribution < -0.4 is 9.47 Å². The summed E-state index contributed by atoms with van der Waals surface area (Å²) >= 11 is 0. The number of benzene rings is 1. The zero-order chi connectivity index (χ0) is 16.0. The molecule has 1 rings (SSSR count). The predicted molar refractivity (Wildman–Crippen MR) is 77.6 cm³/mol. The summed E-state index contributed by atoms with van der Waals surface area (Å²) in [7, 11) is 3.05. The van der Waals surface area contributed by atoms with E-state index in [-0.39, 0.29) is 18.9 Å². The molecule has 0 heterocycles. The van der Waals surface area contributed by atoms with Crippen molar-refractivity contribution in [3.05, 3.63) is 24.3 Å². The minimum atomic E-state index is -1.24. The minimum absolute atomic E-state index is 0.110. The van der Waals surface area contributed by atoms with Gasteiger partial charge in [0.25, 0.3) is 0 Å². The second-order valence-corrected chi connectivity index (χ2v) is 5.09. The first-order valence-electron chi connectivity index (χ1n) is 6.56. The lowest BCUT2D eigenvalue weighted by molar-refractivity contribution is -0.155. The van der Waals surface area contributed by atoms with Crippen LogP contribution in [0.5, 0.6) is 11.5 Å². The highest BCUT2D eigenvalue weighted by molar-refractivity contribution is 5.86. The Morgan fingerprint density at radius 3 is 2.19 bits per heavy atom. The number of carboxylic acids is 1. The molecular weight excluding hydrogens is 274 g/mol. The molecule has 0 bridgehead atoms. The summed E-state index contributed by atoms with van der Waals surface area (Å²) in [4.78, 5) is 24.2. The summed E-state index contributed by atoms with van der Waals surface area (Å²) in [6.45, 7) is 3.15. The normalized spacial score (nSPS) is 10.9. The van der Waals surface area contributed by atoms with E-state index in [0.29, 0.717) is 5.75 Å². The van der Waals surface area contributed by atoms with E-state index in [1.165, 1.54) is 25.8 Å². The minimum Gasteiger partial charge on any atom is -0.497 e. The van der Waals surface area contributed by atoms with E-state index in [1.54, 1.807) is 31.4 Å². The zero-order valence-corrected chi connectivity index (χ0v) is 12.8. The molecular formula is C15H21NO5. The quantitative estimate of drug-likeness (QED) is 0.830. The largest absolute Gasteiger partial charge is 0.497 e. The molecule has 0 atom stereocenters. The van der Waals surface area contributed by atoms with E-state index in [1.807, 2.05) is 0 Å². The number of nitrogens with zero attached hydrogens (tertiary/aromatic N) is 1. The molecule has 6 nitrogen and oxygen atoms in total. The van der Waals surface area contributed by atoms with Crippen molar-refractivity contribution in [3.8, 4) is 11.5 Å². The highest BCUT2D eigenvalue weighted by atomic mass is 16.5. The zero-order valence-electron chi connectivity index (χ0n) is 12.8. The number of carboxylic acid groups (broad SMARTS) is 1. The summed E-state index contributed by atoms with van der Waals surface area (Å²) in [6.07, 6.45) is 0.110. The van der Waals surface area contributed by atoms with Gasteiger partial charge < -0.3 is 19.5 Å². The number of methoxy groups -OCH3 is 1. The van der Waals surface area contributed by atoms with Gasteiger partial charge in [-0.3, -0.25) is 4.79 Å². The Morgan fingerprint density at radius 2 is 1.71 bits per heavy atom. The number of ether oxygens (including phenoxy) is 2. The highest BCUT2D eigenvalue weighted by Crippen LogP contribution is 2.18. The number of rotatable bonds is 7. The number of likely N-dealkylation sites (N-methyl/N-ethyl adjacent to an activating group) is 1. The molecule has 1 amide bonds. The molecule has 0 saturated carbocycles. The van der Waals surface area contributed by atoms with Crippen LogP contribution in [0, 0.1) is 0 Å². The molecule has 0 aliphatic carbocycles. The van der Waals surface area contributed by atoms with Crippen LogP contribution in [-0.4, -0.2) is 48.2 Å². The van der Waals surface area contributed by atoms with E-state index in [2.05, 4.69) is 0 Å². The van der Waals surface area contributed by atoms with E-state index in [0.717, 1.165) is 5.75 Å². The molecule has 0 spiro atoms. The summed E-state index contributed by atoms with van der Waals surface area (Å²) in [5.74, 6) is 0.0236. The molecule has 0 fully saturated rings. The van der Waals surface area contributed by atoms with Gasteiger partial charge in [-0.15, -0.1) is 0 Å². The van der Waals surface area contributed by atoms with Crippen molar-refractivity contribution in [2.24, 2.45) is 0 Å². The van der Waals surface area contributed by atoms with Gasteiger partial charge in [0.1, 0.15) is 17.0 Å². The lowest BCUT2D eigenvalue weighted by atomic mass is 10.0. The summed E-state index contributed by atoms with van der Waals surface area (Å²) in [5, 5.41) is 9.08. The van der Waals surface area contributed by atoms with Crippen LogP contribution in [0.25, 0.3) is 0 Å². The van der Waals surface area contributed by atoms with Crippen LogP contribution in [-0.2, 0) is 9.59 Å². The van der Waals surface area contributed by atoms with Gasteiger partial charge in [0, 0.05) is 7.05 Å². The number of hydrogen-bond donors (Lipinski definition) is 1. The number of hydrogen-bond acceptors (Lipinski definition) is 4. The Hall–Kier alpha value is -2.24. The Kier molecular flexibility index (Phi) is 5.58. The Morgan fingerprint density at radius 1 is 1.19 bits per heavy atom. The molecule has 0 saturated heterocycles. The van der Waals surface area contributed by atoms with Gasteiger partial charge in [0.05, 0.1) is 20.1 Å². The fourth-order valence-corrected chi connectivity index (χ4v) is 1.55. The molecule has 0 aliphatic heterocycles. The predicted octanol–water partition coefficient (Wildman–Crippen LogP) is 1.79. The van der Waals surface area contributed by atoms with Crippen LogP contribution in [0.3, 0.4) is 0 Å². The first kappa shape index (κ1) is 16.8. The maximum absolute atomic E-state index is 11.9. The average molecular weight is 295 g/mol. The highest BCUT2D eigenvalue weighted by Gasteiger charge is 2.34. The van der Waals surface area contributed by atoms with E-state index < -0.39 is 11.5 Å². The van der Waals surface area contributed by atoms with Crippen molar-refractivity contribution in [2.45, 2.75) is 25.8 Å². The van der Waals surface area contributed by atoms with Gasteiger partial charge in [-0.05, 0) is 38.1 Å². The first-order chi connectivity index (χ1) is 9.78. The summed E-state index contributed by atoms with van der Waals surface area (Å²) in [5.41, 5.74) is -1.24. The SMILES string of the molecule is COc1ccc(OCCC(=O)N(C)C(C)(C)C(=O)O)cc1. The molecule has 21 heavy (non-hydrogen) atoms. The maximum atomic E-state index is 11.9. The maximum Gasteiger partial charge on any atom is 0.329 e. The van der Waals surface area contributed by atoms with Crippen molar-refractivity contribution >= 4 is 11.9 Å². The van der Waals surface area contributed by atoms with Crippen molar-refractivity contribution < 1.29 is 24.2 Å². The molecule has 6 heteroatoms. The standard InChI is InChI=1S/C15H21NO5/c1-15(2,14(18)19)16(3)13(17)9-10-21-12-7-5-11(20-4)6-8-12/h5-8H,9-10H2,1-4H3,(H,18,19). The second kappa shape index (κ2) is 6.97. The topological polar surface area (TPSA) is 76.1 Å². The second-order valence-electron chi connectivity index (χ2n) is 5.09. The Balaban J connectivity index is 2.47. The van der Waals surface area contributed by atoms with Gasteiger partial charge in [-0.1, -0.05) is 0 Å². The number of aliphatic carboxylic acids is 1. The molecule has 1 aromatic rings. The Bertz CT molecular complexity index is 495. The first-order valence-corrected chi connectivity index (χ1v) is 6.56. The molecule has 1 N–H and O–H groups in total. The molecule has 0 radical (unpaired) electrons. The Labute approximate surface area is 124 Å². The molecule has 0 unspecified atom stereocenters. The van der Waals surface area contributed by atoms with Crippen LogP contribution >= 0.6 is 0 Å². The fraction of sp³-hybridized carbons (Fsp3) is 0.467. The van der Waals surface area contributed by atoms with Gasteiger partial charge in [-0.25, -0.2) is 4.79 Å². The smallest absolute Gasteiger partial charge is 0.329 e. The van der Waals surface area contributed by atoms with E-state index in [9.17, 15) is 9.59 Å². The van der Waals surface area contributed by atoms with Crippen LogP contribution in [0.1, 0.15) is 20.3 Å². The van der Waals surface area contributed by atoms with Crippen molar-refractivity contribution in [1.82, 2.24) is 4.90 Å². The molecule has 0 aliphatic rings. The van der Waals surface area contributed by atoms with Crippen molar-refractivity contribution in [1.29, 1.82) is 0 Å². The van der Waals surface area contributed by atoms with Gasteiger partial charge in [-0.2, -0.15) is 0 Å². The third kappa shape index (κ3) is 4.37. The van der Waals surface area contributed by atoms with Crippen LogP contribution in [0.15, 0.2) is 24.3 Å². The third-order valence-corrected chi connectivity index (χ3v) is 3.38. The lowest BCUT2D eigenvalue weighted by Crippen LogP contribution is -2.51. The monoisotopic (exact) mass is 295 g/mol. The summed E-state index contributed by atoms with van der Waals surface area (Å²) in [6, 6.07) is 7.01. The van der Waals surface area contributed by atoms with Crippen LogP contribution in [0.4, 0.5) is 0 Å². The van der Waals surface area contributed by atoms with Gasteiger partial charge >= 0.3 is 5.97 Å². The number of amides is 1. The third-order valence-electron chi connectivity index (χ3n) is 3.38. The fourth-order valence-electron chi connectivity index (χ4n) is 1.55. The van der Waals surface area contributed by atoms with E-state index >= 15 is 0 Å². The number of carbonyl (C=O) groups excluding carboxylic acids is 1. The molecule has 116 valence electrons. The molecule has 0 aromatic heterocycles. The van der Waals surface area contributed by atoms with Crippen molar-refractivity contribution in [2.75, 3.05) is 20.8 Å². The van der Waals surface area contributed by atoms with E-state index in [4.69, 9.17) is 14.6 Å². The molecule has 1 aromatic carbocycles. The summed E-state index contributed by atoms with van der Waals surface area (Å²) < 4.78 is 10.5. The van der Waals surface area contributed by atoms with Crippen molar-refractivity contribution in [3.63, 3.8) is 0 Å². The van der Waals surface area contributed by atoms with Crippen LogP contribution in [0.2, 0.25) is 0 Å². The average Bonchev–Trinajstić information content (AvgIpc) is 2.46. The number of carbonyl (C=O) groups is 2. The van der Waals surface area contributed by atoms with Gasteiger partial charge in [0.2, 0.25) is 5.91 Å². The lowest BCUT2D eigenvalue weighted by Gasteiger charge is -2.31. The van der Waals surface area contributed by atoms with Gasteiger partial charge in [0.15, 0.2) is 0 Å².